The van der Waals surface area contributed by atoms with Gasteiger partial charge in [0.05, 0.1) is 23.8 Å². The maximum Gasteiger partial charge on any atom is 0.229 e. The van der Waals surface area contributed by atoms with Gasteiger partial charge in [0.25, 0.3) is 0 Å². The second-order valence-electron chi connectivity index (χ2n) is 4.92. The minimum Gasteiger partial charge on any atom is -0.361 e. The van der Waals surface area contributed by atoms with Crippen LogP contribution in [0.1, 0.15) is 30.5 Å². The van der Waals surface area contributed by atoms with Gasteiger partial charge in [-0.2, -0.15) is 4.98 Å². The fraction of sp³-hybridized carbons (Fsp3) is 0.286. The van der Waals surface area contributed by atoms with E-state index in [0.717, 1.165) is 29.8 Å². The highest BCUT2D eigenvalue weighted by molar-refractivity contribution is 5.75. The maximum absolute atomic E-state index is 5.21. The van der Waals surface area contributed by atoms with Gasteiger partial charge in [-0.15, -0.1) is 0 Å². The van der Waals surface area contributed by atoms with Gasteiger partial charge in [0.2, 0.25) is 5.89 Å². The molecule has 1 aromatic carbocycles. The van der Waals surface area contributed by atoms with Crippen LogP contribution in [0.25, 0.3) is 11.0 Å². The monoisotopic (exact) mass is 267 g/mol. The van der Waals surface area contributed by atoms with E-state index >= 15 is 0 Å². The highest BCUT2D eigenvalue weighted by Gasteiger charge is 2.29. The zero-order chi connectivity index (χ0) is 13.4. The Balaban J connectivity index is 1.48. The van der Waals surface area contributed by atoms with Crippen LogP contribution in [0.15, 0.2) is 35.0 Å². The summed E-state index contributed by atoms with van der Waals surface area (Å²) >= 11 is 0. The molecule has 1 aliphatic carbocycles. The minimum atomic E-state index is 0.483. The van der Waals surface area contributed by atoms with Gasteiger partial charge in [0.15, 0.2) is 5.82 Å². The van der Waals surface area contributed by atoms with E-state index in [1.54, 1.807) is 6.20 Å². The van der Waals surface area contributed by atoms with Gasteiger partial charge < -0.3 is 9.84 Å². The normalized spacial score (nSPS) is 14.6. The molecule has 0 bridgehead atoms. The summed E-state index contributed by atoms with van der Waals surface area (Å²) in [5, 5.41) is 7.13. The molecule has 100 valence electrons. The van der Waals surface area contributed by atoms with E-state index in [2.05, 4.69) is 25.4 Å². The molecular weight excluding hydrogens is 254 g/mol. The standard InChI is InChI=1S/C14H13N5O/c1-2-4-11-10(3-1)15-7-12(17-11)16-8-13-18-14(20-19-13)9-5-6-9/h1-4,7,9H,5-6,8H2,(H,16,17). The van der Waals surface area contributed by atoms with Crippen LogP contribution in [0.4, 0.5) is 5.82 Å². The van der Waals surface area contributed by atoms with Crippen LogP contribution in [0.3, 0.4) is 0 Å². The summed E-state index contributed by atoms with van der Waals surface area (Å²) in [6.07, 6.45) is 4.03. The molecule has 6 heteroatoms. The summed E-state index contributed by atoms with van der Waals surface area (Å²) in [6.45, 7) is 0.489. The Morgan fingerprint density at radius 2 is 2.00 bits per heavy atom. The van der Waals surface area contributed by atoms with Gasteiger partial charge in [-0.25, -0.2) is 4.98 Å². The predicted molar refractivity (Wildman–Crippen MR) is 73.1 cm³/mol. The van der Waals surface area contributed by atoms with Crippen molar-refractivity contribution in [3.05, 3.63) is 42.2 Å². The smallest absolute Gasteiger partial charge is 0.229 e. The summed E-state index contributed by atoms with van der Waals surface area (Å²) in [6, 6.07) is 7.77. The second-order valence-corrected chi connectivity index (χ2v) is 4.92. The van der Waals surface area contributed by atoms with Gasteiger partial charge in [0.1, 0.15) is 5.82 Å². The molecule has 20 heavy (non-hydrogen) atoms. The first-order valence-electron chi connectivity index (χ1n) is 6.66. The molecule has 0 unspecified atom stereocenters. The fourth-order valence-electron chi connectivity index (χ4n) is 2.05. The van der Waals surface area contributed by atoms with Crippen LogP contribution in [0, 0.1) is 0 Å². The molecule has 0 amide bonds. The van der Waals surface area contributed by atoms with Crippen molar-refractivity contribution >= 4 is 16.9 Å². The van der Waals surface area contributed by atoms with E-state index in [1.165, 1.54) is 0 Å². The number of para-hydroxylation sites is 2. The van der Waals surface area contributed by atoms with Crippen LogP contribution >= 0.6 is 0 Å². The molecule has 6 nitrogen and oxygen atoms in total. The highest BCUT2D eigenvalue weighted by atomic mass is 16.5. The Morgan fingerprint density at radius 3 is 2.85 bits per heavy atom. The van der Waals surface area contributed by atoms with Crippen molar-refractivity contribution in [2.24, 2.45) is 0 Å². The van der Waals surface area contributed by atoms with Gasteiger partial charge in [-0.05, 0) is 25.0 Å². The molecule has 0 atom stereocenters. The molecule has 4 rings (SSSR count). The average molecular weight is 267 g/mol. The third kappa shape index (κ3) is 2.20. The van der Waals surface area contributed by atoms with Crippen LogP contribution in [-0.2, 0) is 6.54 Å². The molecule has 3 aromatic rings. The highest BCUT2D eigenvalue weighted by Crippen LogP contribution is 2.38. The fourth-order valence-corrected chi connectivity index (χ4v) is 2.05. The Morgan fingerprint density at radius 1 is 1.15 bits per heavy atom. The summed E-state index contributed by atoms with van der Waals surface area (Å²) in [5.74, 6) is 2.60. The van der Waals surface area contributed by atoms with E-state index < -0.39 is 0 Å². The maximum atomic E-state index is 5.21. The number of anilines is 1. The van der Waals surface area contributed by atoms with E-state index in [0.29, 0.717) is 24.1 Å². The van der Waals surface area contributed by atoms with Crippen LogP contribution in [0.2, 0.25) is 0 Å². The SMILES string of the molecule is c1ccc2nc(NCc3noc(C4CC4)n3)cnc2c1. The summed E-state index contributed by atoms with van der Waals surface area (Å²) in [7, 11) is 0. The van der Waals surface area contributed by atoms with E-state index in [9.17, 15) is 0 Å². The Kier molecular flexibility index (Phi) is 2.58. The molecule has 0 saturated heterocycles. The van der Waals surface area contributed by atoms with E-state index in [-0.39, 0.29) is 0 Å². The first-order chi connectivity index (χ1) is 9.88. The van der Waals surface area contributed by atoms with Crippen LogP contribution in [0.5, 0.6) is 0 Å². The number of hydrogen-bond donors (Lipinski definition) is 1. The summed E-state index contributed by atoms with van der Waals surface area (Å²) < 4.78 is 5.21. The van der Waals surface area contributed by atoms with Gasteiger partial charge in [-0.3, -0.25) is 4.98 Å². The molecule has 2 heterocycles. The Bertz CT molecular complexity index is 750. The molecule has 1 aliphatic rings. The number of rotatable bonds is 4. The molecular formula is C14H13N5O. The third-order valence-corrected chi connectivity index (χ3v) is 3.29. The van der Waals surface area contributed by atoms with Crippen molar-refractivity contribution in [2.45, 2.75) is 25.3 Å². The van der Waals surface area contributed by atoms with Gasteiger partial charge in [0, 0.05) is 5.92 Å². The second kappa shape index (κ2) is 4.56. The number of aromatic nitrogens is 4. The van der Waals surface area contributed by atoms with Crippen molar-refractivity contribution in [2.75, 3.05) is 5.32 Å². The Labute approximate surface area is 115 Å². The lowest BCUT2D eigenvalue weighted by Crippen LogP contribution is -2.03. The molecule has 0 aliphatic heterocycles. The first-order valence-corrected chi connectivity index (χ1v) is 6.66. The molecule has 1 saturated carbocycles. The first kappa shape index (κ1) is 11.3. The molecule has 0 spiro atoms. The minimum absolute atomic E-state index is 0.483. The average Bonchev–Trinajstić information content (AvgIpc) is 3.24. The lowest BCUT2D eigenvalue weighted by Gasteiger charge is -2.03. The largest absolute Gasteiger partial charge is 0.361 e. The van der Waals surface area contributed by atoms with Crippen molar-refractivity contribution in [3.8, 4) is 0 Å². The zero-order valence-electron chi connectivity index (χ0n) is 10.8. The molecule has 2 aromatic heterocycles. The predicted octanol–water partition coefficient (Wildman–Crippen LogP) is 2.50. The lowest BCUT2D eigenvalue weighted by molar-refractivity contribution is 0.374. The van der Waals surface area contributed by atoms with Crippen molar-refractivity contribution in [3.63, 3.8) is 0 Å². The zero-order valence-corrected chi connectivity index (χ0v) is 10.8. The summed E-state index contributed by atoms with van der Waals surface area (Å²) in [4.78, 5) is 13.2. The number of fused-ring (bicyclic) bond motifs is 1. The van der Waals surface area contributed by atoms with Crippen LogP contribution < -0.4 is 5.32 Å². The molecule has 1 fully saturated rings. The number of hydrogen-bond acceptors (Lipinski definition) is 6. The number of nitrogens with zero attached hydrogens (tertiary/aromatic N) is 4. The quantitative estimate of drug-likeness (QED) is 0.782. The van der Waals surface area contributed by atoms with Gasteiger partial charge in [-0.1, -0.05) is 17.3 Å². The Hall–Kier alpha value is -2.50. The molecule has 0 radical (unpaired) electrons. The number of nitrogens with one attached hydrogen (secondary N) is 1. The van der Waals surface area contributed by atoms with E-state index in [1.807, 2.05) is 24.3 Å². The van der Waals surface area contributed by atoms with E-state index in [4.69, 9.17) is 4.52 Å². The lowest BCUT2D eigenvalue weighted by atomic mass is 10.3. The topological polar surface area (TPSA) is 76.7 Å². The summed E-state index contributed by atoms with van der Waals surface area (Å²) in [5.41, 5.74) is 1.75. The van der Waals surface area contributed by atoms with Crippen molar-refractivity contribution in [1.29, 1.82) is 0 Å². The molecule has 1 N–H and O–H groups in total. The van der Waals surface area contributed by atoms with Crippen molar-refractivity contribution < 1.29 is 4.52 Å². The number of benzene rings is 1. The third-order valence-electron chi connectivity index (χ3n) is 3.29. The van der Waals surface area contributed by atoms with Crippen LogP contribution in [-0.4, -0.2) is 20.1 Å². The van der Waals surface area contributed by atoms with Gasteiger partial charge >= 0.3 is 0 Å². The van der Waals surface area contributed by atoms with Crippen molar-refractivity contribution in [1.82, 2.24) is 20.1 Å².